The molecular formula is C20H16FN3O3S2. The second kappa shape index (κ2) is 7.41. The molecule has 0 unspecified atom stereocenters. The van der Waals surface area contributed by atoms with Crippen LogP contribution in [0.5, 0.6) is 0 Å². The van der Waals surface area contributed by atoms with E-state index in [4.69, 9.17) is 4.52 Å². The number of sulfonamides is 1. The molecule has 4 aromatic rings. The Balaban J connectivity index is 1.59. The number of rotatable bonds is 5. The van der Waals surface area contributed by atoms with Crippen molar-refractivity contribution in [2.75, 3.05) is 4.72 Å². The smallest absolute Gasteiger partial charge is 0.271 e. The van der Waals surface area contributed by atoms with Crippen molar-refractivity contribution in [3.05, 3.63) is 70.9 Å². The van der Waals surface area contributed by atoms with Gasteiger partial charge in [0.2, 0.25) is 5.82 Å². The molecular weight excluding hydrogens is 413 g/mol. The Hall–Kier alpha value is -3.04. The van der Waals surface area contributed by atoms with Crippen LogP contribution in [0.3, 0.4) is 0 Å². The van der Waals surface area contributed by atoms with Crippen molar-refractivity contribution in [1.29, 1.82) is 0 Å². The zero-order valence-electron chi connectivity index (χ0n) is 15.5. The Labute approximate surface area is 171 Å². The van der Waals surface area contributed by atoms with E-state index in [1.807, 2.05) is 26.0 Å². The zero-order valence-corrected chi connectivity index (χ0v) is 17.1. The number of aryl methyl sites for hydroxylation is 2. The van der Waals surface area contributed by atoms with E-state index in [9.17, 15) is 12.8 Å². The van der Waals surface area contributed by atoms with E-state index < -0.39 is 15.8 Å². The lowest BCUT2D eigenvalue weighted by Gasteiger charge is -2.09. The molecule has 0 radical (unpaired) electrons. The molecule has 2 aromatic heterocycles. The van der Waals surface area contributed by atoms with E-state index in [0.717, 1.165) is 22.5 Å². The standard InChI is InChI=1S/C20H16FN3O3S2/c1-12-6-7-17(13(2)8-12)24-29(25,26)18-10-15(11-28-18)20-22-19(23-27-20)14-4-3-5-16(21)9-14/h3-11,24H,1-2H3. The largest absolute Gasteiger partial charge is 0.334 e. The highest BCUT2D eigenvalue weighted by Gasteiger charge is 2.20. The van der Waals surface area contributed by atoms with Crippen molar-refractivity contribution >= 4 is 27.0 Å². The Morgan fingerprint density at radius 3 is 2.66 bits per heavy atom. The van der Waals surface area contributed by atoms with Crippen LogP contribution < -0.4 is 4.72 Å². The van der Waals surface area contributed by atoms with Crippen LogP contribution >= 0.6 is 11.3 Å². The first-order valence-corrected chi connectivity index (χ1v) is 11.0. The Morgan fingerprint density at radius 2 is 1.90 bits per heavy atom. The lowest BCUT2D eigenvalue weighted by molar-refractivity contribution is 0.432. The van der Waals surface area contributed by atoms with Crippen LogP contribution in [0.1, 0.15) is 11.1 Å². The van der Waals surface area contributed by atoms with Crippen molar-refractivity contribution < 1.29 is 17.3 Å². The number of nitrogens with one attached hydrogen (secondary N) is 1. The summed E-state index contributed by atoms with van der Waals surface area (Å²) in [4.78, 5) is 4.24. The maximum Gasteiger partial charge on any atom is 0.271 e. The SMILES string of the molecule is Cc1ccc(NS(=O)(=O)c2cc(-c3nc(-c4cccc(F)c4)no3)cs2)c(C)c1. The molecule has 0 atom stereocenters. The molecule has 4 rings (SSSR count). The van der Waals surface area contributed by atoms with Gasteiger partial charge in [-0.25, -0.2) is 12.8 Å². The molecule has 2 heterocycles. The minimum absolute atomic E-state index is 0.123. The normalized spacial score (nSPS) is 11.6. The van der Waals surface area contributed by atoms with Gasteiger partial charge in [-0.15, -0.1) is 11.3 Å². The summed E-state index contributed by atoms with van der Waals surface area (Å²) in [5.41, 5.74) is 3.36. The summed E-state index contributed by atoms with van der Waals surface area (Å²) in [6, 6.07) is 12.8. The van der Waals surface area contributed by atoms with Crippen molar-refractivity contribution in [2.45, 2.75) is 18.1 Å². The predicted octanol–water partition coefficient (Wildman–Crippen LogP) is 5.02. The number of aromatic nitrogens is 2. The fourth-order valence-electron chi connectivity index (χ4n) is 2.78. The van der Waals surface area contributed by atoms with Gasteiger partial charge in [0.1, 0.15) is 10.0 Å². The molecule has 0 fully saturated rings. The van der Waals surface area contributed by atoms with Gasteiger partial charge in [0.15, 0.2) is 0 Å². The number of thiophene rings is 1. The summed E-state index contributed by atoms with van der Waals surface area (Å²) >= 11 is 1.05. The summed E-state index contributed by atoms with van der Waals surface area (Å²) in [6.45, 7) is 3.79. The molecule has 148 valence electrons. The van der Waals surface area contributed by atoms with Gasteiger partial charge in [-0.3, -0.25) is 4.72 Å². The van der Waals surface area contributed by atoms with E-state index in [1.54, 1.807) is 23.6 Å². The first-order chi connectivity index (χ1) is 13.8. The average Bonchev–Trinajstić information content (AvgIpc) is 3.33. The molecule has 2 aromatic carbocycles. The molecule has 6 nitrogen and oxygen atoms in total. The summed E-state index contributed by atoms with van der Waals surface area (Å²) in [6.07, 6.45) is 0. The van der Waals surface area contributed by atoms with Crippen LogP contribution in [0.4, 0.5) is 10.1 Å². The van der Waals surface area contributed by atoms with Crippen LogP contribution in [-0.2, 0) is 10.0 Å². The van der Waals surface area contributed by atoms with Crippen LogP contribution in [0.2, 0.25) is 0 Å². The topological polar surface area (TPSA) is 85.1 Å². The van der Waals surface area contributed by atoms with Crippen LogP contribution in [0.25, 0.3) is 22.8 Å². The average molecular weight is 429 g/mol. The maximum atomic E-state index is 13.4. The number of hydrogen-bond donors (Lipinski definition) is 1. The molecule has 0 bridgehead atoms. The van der Waals surface area contributed by atoms with Gasteiger partial charge in [-0.2, -0.15) is 4.98 Å². The highest BCUT2D eigenvalue weighted by molar-refractivity contribution is 7.94. The van der Waals surface area contributed by atoms with Gasteiger partial charge >= 0.3 is 0 Å². The fourth-order valence-corrected chi connectivity index (χ4v) is 5.06. The molecule has 9 heteroatoms. The third kappa shape index (κ3) is 4.06. The van der Waals surface area contributed by atoms with Gasteiger partial charge < -0.3 is 4.52 Å². The molecule has 0 aliphatic rings. The second-order valence-corrected chi connectivity index (χ2v) is 9.33. The zero-order chi connectivity index (χ0) is 20.6. The minimum atomic E-state index is -3.76. The van der Waals surface area contributed by atoms with Crippen molar-refractivity contribution in [2.24, 2.45) is 0 Å². The molecule has 0 saturated heterocycles. The third-order valence-electron chi connectivity index (χ3n) is 4.22. The lowest BCUT2D eigenvalue weighted by Crippen LogP contribution is -2.12. The van der Waals surface area contributed by atoms with E-state index in [-0.39, 0.29) is 15.9 Å². The summed E-state index contributed by atoms with van der Waals surface area (Å²) in [5.74, 6) is -0.0211. The third-order valence-corrected chi connectivity index (χ3v) is 7.03. The summed E-state index contributed by atoms with van der Waals surface area (Å²) in [5, 5.41) is 5.47. The lowest BCUT2D eigenvalue weighted by atomic mass is 10.1. The van der Waals surface area contributed by atoms with Crippen LogP contribution in [0.15, 0.2) is 62.6 Å². The highest BCUT2D eigenvalue weighted by Crippen LogP contribution is 2.30. The Bertz CT molecular complexity index is 1300. The first kappa shape index (κ1) is 19.3. The van der Waals surface area contributed by atoms with Gasteiger partial charge in [0, 0.05) is 10.9 Å². The maximum absolute atomic E-state index is 13.4. The molecule has 0 amide bonds. The Kier molecular flexibility index (Phi) is 4.93. The van der Waals surface area contributed by atoms with Gasteiger partial charge in [0.05, 0.1) is 11.3 Å². The fraction of sp³-hybridized carbons (Fsp3) is 0.100. The van der Waals surface area contributed by atoms with Crippen molar-refractivity contribution in [3.63, 3.8) is 0 Å². The number of hydrogen-bond acceptors (Lipinski definition) is 6. The van der Waals surface area contributed by atoms with Gasteiger partial charge in [0.25, 0.3) is 15.9 Å². The second-order valence-electron chi connectivity index (χ2n) is 6.51. The molecule has 0 aliphatic heterocycles. The number of anilines is 1. The highest BCUT2D eigenvalue weighted by atomic mass is 32.2. The van der Waals surface area contributed by atoms with E-state index >= 15 is 0 Å². The monoisotopic (exact) mass is 429 g/mol. The van der Waals surface area contributed by atoms with Crippen LogP contribution in [0, 0.1) is 19.7 Å². The molecule has 29 heavy (non-hydrogen) atoms. The number of nitrogens with zero attached hydrogens (tertiary/aromatic N) is 2. The Morgan fingerprint density at radius 1 is 1.07 bits per heavy atom. The van der Waals surface area contributed by atoms with E-state index in [0.29, 0.717) is 16.8 Å². The summed E-state index contributed by atoms with van der Waals surface area (Å²) < 4.78 is 46.8. The van der Waals surface area contributed by atoms with Crippen molar-refractivity contribution in [1.82, 2.24) is 10.1 Å². The van der Waals surface area contributed by atoms with Crippen LogP contribution in [-0.4, -0.2) is 18.6 Å². The molecule has 0 spiro atoms. The molecule has 1 N–H and O–H groups in total. The molecule has 0 saturated carbocycles. The van der Waals surface area contributed by atoms with Gasteiger partial charge in [-0.05, 0) is 43.7 Å². The molecule has 0 aliphatic carbocycles. The number of halogens is 1. The quantitative estimate of drug-likeness (QED) is 0.481. The minimum Gasteiger partial charge on any atom is -0.334 e. The summed E-state index contributed by atoms with van der Waals surface area (Å²) in [7, 11) is -3.76. The first-order valence-electron chi connectivity index (χ1n) is 8.60. The van der Waals surface area contributed by atoms with Gasteiger partial charge in [-0.1, -0.05) is 35.0 Å². The van der Waals surface area contributed by atoms with E-state index in [1.165, 1.54) is 18.2 Å². The van der Waals surface area contributed by atoms with E-state index in [2.05, 4.69) is 14.9 Å². The van der Waals surface area contributed by atoms with Crippen molar-refractivity contribution in [3.8, 4) is 22.8 Å². The predicted molar refractivity (Wildman–Crippen MR) is 110 cm³/mol. The number of benzene rings is 2.